The first kappa shape index (κ1) is 20.3. The van der Waals surface area contributed by atoms with E-state index in [2.05, 4.69) is 21.9 Å². The van der Waals surface area contributed by atoms with Crippen LogP contribution in [0.2, 0.25) is 0 Å². The molecule has 2 atom stereocenters. The number of piperidine rings is 1. The van der Waals surface area contributed by atoms with Crippen molar-refractivity contribution in [2.45, 2.75) is 31.8 Å². The lowest BCUT2D eigenvalue weighted by Gasteiger charge is -2.46. The second-order valence-corrected chi connectivity index (χ2v) is 8.55. The van der Waals surface area contributed by atoms with E-state index < -0.39 is 0 Å². The topological polar surface area (TPSA) is 64.8 Å². The van der Waals surface area contributed by atoms with Gasteiger partial charge in [0.2, 0.25) is 5.91 Å². The highest BCUT2D eigenvalue weighted by Crippen LogP contribution is 2.27. The molecule has 2 fully saturated rings. The Labute approximate surface area is 172 Å². The Hall–Kier alpha value is -1.96. The van der Waals surface area contributed by atoms with Crippen LogP contribution in [0.25, 0.3) is 10.9 Å². The molecule has 1 N–H and O–H groups in total. The Morgan fingerprint density at radius 2 is 1.97 bits per heavy atom. The van der Waals surface area contributed by atoms with E-state index in [1.807, 2.05) is 35.4 Å². The molecule has 7 heteroatoms. The predicted molar refractivity (Wildman–Crippen MR) is 114 cm³/mol. The fraction of sp³-hybridized carbons (Fsp3) is 0.636. The molecule has 0 aliphatic carbocycles. The minimum Gasteiger partial charge on any atom is -0.396 e. The Morgan fingerprint density at radius 1 is 1.17 bits per heavy atom. The number of carbonyl (C=O) groups excluding carboxylic acids is 1. The molecule has 3 heterocycles. The molecule has 1 aromatic carbocycles. The van der Waals surface area contributed by atoms with Crippen LogP contribution in [0, 0.1) is 5.92 Å². The molecule has 0 spiro atoms. The van der Waals surface area contributed by atoms with Gasteiger partial charge in [0.25, 0.3) is 0 Å². The molecule has 1 aromatic heterocycles. The predicted octanol–water partition coefficient (Wildman–Crippen LogP) is 1.27. The lowest BCUT2D eigenvalue weighted by Crippen LogP contribution is -2.57. The zero-order valence-electron chi connectivity index (χ0n) is 17.4. The first-order valence-corrected chi connectivity index (χ1v) is 10.9. The van der Waals surface area contributed by atoms with Crippen LogP contribution in [-0.4, -0.2) is 94.5 Å². The van der Waals surface area contributed by atoms with Gasteiger partial charge in [0.1, 0.15) is 6.54 Å². The number of aliphatic hydroxyl groups is 1. The Morgan fingerprint density at radius 3 is 2.72 bits per heavy atom. The van der Waals surface area contributed by atoms with E-state index in [4.69, 9.17) is 0 Å². The van der Waals surface area contributed by atoms with E-state index in [1.54, 1.807) is 4.68 Å². The Balaban J connectivity index is 1.40. The standard InChI is InChI=1S/C22H33N5O2/c1-24-10-12-25(13-11-24)21-8-9-26(15-19(21)6-4-14-28)22(29)17-27-16-18-5-2-3-7-20(18)23-27/h2-3,5,7,16,19,21,28H,4,6,8-15,17H2,1H3/t19-,21+/m0/s1. The molecule has 0 saturated carbocycles. The summed E-state index contributed by atoms with van der Waals surface area (Å²) in [4.78, 5) is 20.0. The summed E-state index contributed by atoms with van der Waals surface area (Å²) in [6.07, 6.45) is 4.75. The fourth-order valence-corrected chi connectivity index (χ4v) is 4.85. The largest absolute Gasteiger partial charge is 0.396 e. The minimum atomic E-state index is 0.142. The van der Waals surface area contributed by atoms with Crippen LogP contribution in [0.15, 0.2) is 30.5 Å². The van der Waals surface area contributed by atoms with Crippen molar-refractivity contribution >= 4 is 16.8 Å². The highest BCUT2D eigenvalue weighted by atomic mass is 16.3. The molecular weight excluding hydrogens is 366 g/mol. The number of piperazine rings is 1. The van der Waals surface area contributed by atoms with Crippen molar-refractivity contribution in [2.75, 3.05) is 52.9 Å². The third-order valence-electron chi connectivity index (χ3n) is 6.54. The zero-order chi connectivity index (χ0) is 20.2. The lowest BCUT2D eigenvalue weighted by molar-refractivity contribution is -0.135. The van der Waals surface area contributed by atoms with E-state index in [9.17, 15) is 9.90 Å². The molecule has 7 nitrogen and oxygen atoms in total. The van der Waals surface area contributed by atoms with Crippen LogP contribution in [-0.2, 0) is 11.3 Å². The van der Waals surface area contributed by atoms with Crippen molar-refractivity contribution in [2.24, 2.45) is 5.92 Å². The molecule has 2 saturated heterocycles. The van der Waals surface area contributed by atoms with Crippen LogP contribution >= 0.6 is 0 Å². The summed E-state index contributed by atoms with van der Waals surface area (Å²) in [6, 6.07) is 8.48. The van der Waals surface area contributed by atoms with E-state index in [1.165, 1.54) is 0 Å². The Kier molecular flexibility index (Phi) is 6.47. The number of hydrogen-bond acceptors (Lipinski definition) is 5. The molecule has 2 aliphatic rings. The molecule has 2 aliphatic heterocycles. The number of nitrogens with zero attached hydrogens (tertiary/aromatic N) is 5. The van der Waals surface area contributed by atoms with Gasteiger partial charge in [-0.2, -0.15) is 5.10 Å². The number of aromatic nitrogens is 2. The quantitative estimate of drug-likeness (QED) is 0.793. The molecule has 0 unspecified atom stereocenters. The number of likely N-dealkylation sites (N-methyl/N-ethyl adjacent to an activating group) is 1. The summed E-state index contributed by atoms with van der Waals surface area (Å²) in [7, 11) is 2.18. The Bertz CT molecular complexity index is 781. The van der Waals surface area contributed by atoms with Gasteiger partial charge in [0.15, 0.2) is 0 Å². The number of carbonyl (C=O) groups is 1. The van der Waals surface area contributed by atoms with Crippen molar-refractivity contribution in [3.63, 3.8) is 0 Å². The third kappa shape index (κ3) is 4.79. The van der Waals surface area contributed by atoms with Crippen molar-refractivity contribution in [3.8, 4) is 0 Å². The number of rotatable bonds is 6. The summed E-state index contributed by atoms with van der Waals surface area (Å²) in [6.45, 7) is 6.54. The maximum Gasteiger partial charge on any atom is 0.244 e. The van der Waals surface area contributed by atoms with Crippen molar-refractivity contribution in [3.05, 3.63) is 30.5 Å². The molecule has 0 bridgehead atoms. The molecular formula is C22H33N5O2. The highest BCUT2D eigenvalue weighted by Gasteiger charge is 2.35. The van der Waals surface area contributed by atoms with Crippen LogP contribution in [0.5, 0.6) is 0 Å². The van der Waals surface area contributed by atoms with Gasteiger partial charge in [-0.05, 0) is 38.3 Å². The van der Waals surface area contributed by atoms with Gasteiger partial charge in [-0.1, -0.05) is 18.2 Å². The van der Waals surface area contributed by atoms with Gasteiger partial charge in [0.05, 0.1) is 5.52 Å². The van der Waals surface area contributed by atoms with Gasteiger partial charge in [0, 0.05) is 63.5 Å². The molecule has 0 radical (unpaired) electrons. The highest BCUT2D eigenvalue weighted by molar-refractivity contribution is 5.80. The summed E-state index contributed by atoms with van der Waals surface area (Å²) in [5, 5.41) is 15.0. The maximum absolute atomic E-state index is 13.0. The zero-order valence-corrected chi connectivity index (χ0v) is 17.4. The normalized spacial score (nSPS) is 24.3. The molecule has 2 aromatic rings. The van der Waals surface area contributed by atoms with Crippen LogP contribution in [0.4, 0.5) is 0 Å². The maximum atomic E-state index is 13.0. The molecule has 1 amide bonds. The number of fused-ring (bicyclic) bond motifs is 1. The SMILES string of the molecule is CN1CCN([C@@H]2CCN(C(=O)Cn3cc4ccccc4n3)C[C@@H]2CCCO)CC1. The van der Waals surface area contributed by atoms with Crippen molar-refractivity contribution < 1.29 is 9.90 Å². The molecule has 158 valence electrons. The van der Waals surface area contributed by atoms with Gasteiger partial charge in [-0.25, -0.2) is 0 Å². The van der Waals surface area contributed by atoms with Gasteiger partial charge >= 0.3 is 0 Å². The van der Waals surface area contributed by atoms with Crippen molar-refractivity contribution in [1.29, 1.82) is 0 Å². The first-order chi connectivity index (χ1) is 14.1. The second kappa shape index (κ2) is 9.24. The van der Waals surface area contributed by atoms with Gasteiger partial charge in [-0.3, -0.25) is 14.4 Å². The van der Waals surface area contributed by atoms with Crippen LogP contribution in [0.1, 0.15) is 19.3 Å². The van der Waals surface area contributed by atoms with Crippen LogP contribution < -0.4 is 0 Å². The third-order valence-corrected chi connectivity index (χ3v) is 6.54. The van der Waals surface area contributed by atoms with E-state index in [0.29, 0.717) is 18.5 Å². The second-order valence-electron chi connectivity index (χ2n) is 8.55. The molecule has 4 rings (SSSR count). The lowest BCUT2D eigenvalue weighted by atomic mass is 9.86. The number of benzene rings is 1. The average molecular weight is 400 g/mol. The number of amides is 1. The molecule has 29 heavy (non-hydrogen) atoms. The summed E-state index contributed by atoms with van der Waals surface area (Å²) in [5.74, 6) is 0.573. The summed E-state index contributed by atoms with van der Waals surface area (Å²) >= 11 is 0. The van der Waals surface area contributed by atoms with Gasteiger partial charge in [-0.15, -0.1) is 0 Å². The number of hydrogen-bond donors (Lipinski definition) is 1. The summed E-state index contributed by atoms with van der Waals surface area (Å²) in [5.41, 5.74) is 0.926. The number of aliphatic hydroxyl groups excluding tert-OH is 1. The van der Waals surface area contributed by atoms with Gasteiger partial charge < -0.3 is 14.9 Å². The monoisotopic (exact) mass is 399 g/mol. The van der Waals surface area contributed by atoms with E-state index in [-0.39, 0.29) is 12.5 Å². The minimum absolute atomic E-state index is 0.142. The smallest absolute Gasteiger partial charge is 0.244 e. The average Bonchev–Trinajstić information content (AvgIpc) is 3.15. The van der Waals surface area contributed by atoms with E-state index >= 15 is 0 Å². The fourth-order valence-electron chi connectivity index (χ4n) is 4.85. The van der Waals surface area contributed by atoms with E-state index in [0.717, 1.165) is 69.4 Å². The summed E-state index contributed by atoms with van der Waals surface area (Å²) < 4.78 is 1.77. The first-order valence-electron chi connectivity index (χ1n) is 10.9. The number of likely N-dealkylation sites (tertiary alicyclic amines) is 1. The van der Waals surface area contributed by atoms with Crippen LogP contribution in [0.3, 0.4) is 0 Å². The van der Waals surface area contributed by atoms with Crippen molar-refractivity contribution in [1.82, 2.24) is 24.5 Å².